The van der Waals surface area contributed by atoms with Crippen molar-refractivity contribution in [2.24, 2.45) is 0 Å². The number of nitrogens with zero attached hydrogens (tertiary/aromatic N) is 1. The lowest BCUT2D eigenvalue weighted by molar-refractivity contribution is -0.122. The number of benzene rings is 2. The fourth-order valence-corrected chi connectivity index (χ4v) is 3.22. The topological polar surface area (TPSA) is 67.9 Å². The molecule has 1 saturated heterocycles. The van der Waals surface area contributed by atoms with Crippen LogP contribution >= 0.6 is 0 Å². The lowest BCUT2D eigenvalue weighted by Gasteiger charge is -2.27. The van der Waals surface area contributed by atoms with Crippen molar-refractivity contribution < 1.29 is 19.1 Å². The predicted octanol–water partition coefficient (Wildman–Crippen LogP) is 3.52. The standard InChI is InChI=1S/C23H28N2O4/c1-3-17-9-11-18(12-10-17)29-21(4-2)22(26)24-20-8-6-5-7-19(20)23(27)25-13-15-28-16-14-25/h5-12,21H,3-4,13-16H2,1-2H3,(H,24,26)/t21-/m0/s1. The number of anilines is 1. The van der Waals surface area contributed by atoms with Gasteiger partial charge in [0.15, 0.2) is 6.10 Å². The Morgan fingerprint density at radius 3 is 2.41 bits per heavy atom. The third-order valence-corrected chi connectivity index (χ3v) is 4.99. The highest BCUT2D eigenvalue weighted by atomic mass is 16.5. The van der Waals surface area contributed by atoms with E-state index in [1.54, 1.807) is 29.2 Å². The molecule has 1 heterocycles. The smallest absolute Gasteiger partial charge is 0.265 e. The fourth-order valence-electron chi connectivity index (χ4n) is 3.22. The molecule has 0 saturated carbocycles. The zero-order valence-corrected chi connectivity index (χ0v) is 17.0. The molecule has 1 atom stereocenters. The Kier molecular flexibility index (Phi) is 7.25. The summed E-state index contributed by atoms with van der Waals surface area (Å²) in [7, 11) is 0. The van der Waals surface area contributed by atoms with E-state index in [0.29, 0.717) is 49.7 Å². The van der Waals surface area contributed by atoms with Crippen molar-refractivity contribution in [2.45, 2.75) is 32.8 Å². The van der Waals surface area contributed by atoms with Crippen LogP contribution in [0.4, 0.5) is 5.69 Å². The van der Waals surface area contributed by atoms with E-state index in [9.17, 15) is 9.59 Å². The maximum absolute atomic E-state index is 12.9. The van der Waals surface area contributed by atoms with Crippen LogP contribution in [0.15, 0.2) is 48.5 Å². The van der Waals surface area contributed by atoms with E-state index < -0.39 is 6.10 Å². The van der Waals surface area contributed by atoms with E-state index in [0.717, 1.165) is 6.42 Å². The molecule has 2 aromatic rings. The summed E-state index contributed by atoms with van der Waals surface area (Å²) < 4.78 is 11.2. The molecule has 0 aliphatic carbocycles. The van der Waals surface area contributed by atoms with Crippen LogP contribution in [-0.4, -0.2) is 49.1 Å². The van der Waals surface area contributed by atoms with Crippen LogP contribution in [0.25, 0.3) is 0 Å². The van der Waals surface area contributed by atoms with Crippen molar-refractivity contribution in [1.29, 1.82) is 0 Å². The highest BCUT2D eigenvalue weighted by molar-refractivity contribution is 6.04. The van der Waals surface area contributed by atoms with Crippen molar-refractivity contribution in [3.8, 4) is 5.75 Å². The Morgan fingerprint density at radius 2 is 1.76 bits per heavy atom. The number of para-hydroxylation sites is 1. The molecule has 3 rings (SSSR count). The van der Waals surface area contributed by atoms with Gasteiger partial charge in [0.2, 0.25) is 0 Å². The molecule has 0 bridgehead atoms. The summed E-state index contributed by atoms with van der Waals surface area (Å²) >= 11 is 0. The van der Waals surface area contributed by atoms with Gasteiger partial charge in [0, 0.05) is 13.1 Å². The van der Waals surface area contributed by atoms with E-state index in [2.05, 4.69) is 12.2 Å². The Morgan fingerprint density at radius 1 is 1.07 bits per heavy atom. The van der Waals surface area contributed by atoms with Crippen molar-refractivity contribution in [1.82, 2.24) is 4.90 Å². The first-order valence-corrected chi connectivity index (χ1v) is 10.1. The second-order valence-electron chi connectivity index (χ2n) is 6.95. The largest absolute Gasteiger partial charge is 0.481 e. The number of ether oxygens (including phenoxy) is 2. The lowest BCUT2D eigenvalue weighted by Crippen LogP contribution is -2.41. The lowest BCUT2D eigenvalue weighted by atomic mass is 10.1. The zero-order chi connectivity index (χ0) is 20.6. The number of aryl methyl sites for hydroxylation is 1. The molecule has 2 aromatic carbocycles. The summed E-state index contributed by atoms with van der Waals surface area (Å²) in [5, 5.41) is 2.88. The molecule has 0 aromatic heterocycles. The van der Waals surface area contributed by atoms with E-state index in [4.69, 9.17) is 9.47 Å². The first kappa shape index (κ1) is 20.9. The average molecular weight is 396 g/mol. The molecule has 1 aliphatic rings. The Balaban J connectivity index is 1.70. The number of morpholine rings is 1. The highest BCUT2D eigenvalue weighted by Crippen LogP contribution is 2.20. The van der Waals surface area contributed by atoms with Gasteiger partial charge in [-0.1, -0.05) is 38.1 Å². The maximum atomic E-state index is 12.9. The van der Waals surface area contributed by atoms with Gasteiger partial charge < -0.3 is 19.7 Å². The molecule has 1 aliphatic heterocycles. The maximum Gasteiger partial charge on any atom is 0.265 e. The van der Waals surface area contributed by atoms with Crippen molar-refractivity contribution in [2.75, 3.05) is 31.6 Å². The SMILES string of the molecule is CCc1ccc(O[C@@H](CC)C(=O)Nc2ccccc2C(=O)N2CCOCC2)cc1. The third-order valence-electron chi connectivity index (χ3n) is 4.99. The number of nitrogens with one attached hydrogen (secondary N) is 1. The van der Waals surface area contributed by atoms with Gasteiger partial charge in [0.05, 0.1) is 24.5 Å². The van der Waals surface area contributed by atoms with Crippen LogP contribution in [-0.2, 0) is 16.0 Å². The fraction of sp³-hybridized carbons (Fsp3) is 0.391. The highest BCUT2D eigenvalue weighted by Gasteiger charge is 2.24. The normalized spacial score (nSPS) is 14.9. The van der Waals surface area contributed by atoms with Gasteiger partial charge in [-0.05, 0) is 42.7 Å². The minimum absolute atomic E-state index is 0.103. The summed E-state index contributed by atoms with van der Waals surface area (Å²) in [6, 6.07) is 14.8. The van der Waals surface area contributed by atoms with Crippen molar-refractivity contribution in [3.05, 3.63) is 59.7 Å². The van der Waals surface area contributed by atoms with Gasteiger partial charge in [-0.15, -0.1) is 0 Å². The zero-order valence-electron chi connectivity index (χ0n) is 17.0. The molecular formula is C23H28N2O4. The molecule has 29 heavy (non-hydrogen) atoms. The first-order chi connectivity index (χ1) is 14.1. The van der Waals surface area contributed by atoms with Crippen LogP contribution in [0.2, 0.25) is 0 Å². The molecular weight excluding hydrogens is 368 g/mol. The first-order valence-electron chi connectivity index (χ1n) is 10.1. The summed E-state index contributed by atoms with van der Waals surface area (Å²) in [5.41, 5.74) is 2.19. The molecule has 6 nitrogen and oxygen atoms in total. The predicted molar refractivity (Wildman–Crippen MR) is 112 cm³/mol. The summed E-state index contributed by atoms with van der Waals surface area (Å²) in [4.78, 5) is 27.5. The van der Waals surface area contributed by atoms with E-state index in [1.165, 1.54) is 5.56 Å². The van der Waals surface area contributed by atoms with Crippen LogP contribution in [0, 0.1) is 0 Å². The van der Waals surface area contributed by atoms with E-state index in [1.807, 2.05) is 31.2 Å². The molecule has 2 amide bonds. The van der Waals surface area contributed by atoms with E-state index >= 15 is 0 Å². The van der Waals surface area contributed by atoms with Crippen molar-refractivity contribution in [3.63, 3.8) is 0 Å². The monoisotopic (exact) mass is 396 g/mol. The quantitative estimate of drug-likeness (QED) is 0.778. The van der Waals surface area contributed by atoms with Crippen LogP contribution in [0.1, 0.15) is 36.2 Å². The number of hydrogen-bond donors (Lipinski definition) is 1. The van der Waals surface area contributed by atoms with Gasteiger partial charge in [0.25, 0.3) is 11.8 Å². The van der Waals surface area contributed by atoms with Gasteiger partial charge in [-0.25, -0.2) is 0 Å². The van der Waals surface area contributed by atoms with Crippen LogP contribution in [0.5, 0.6) is 5.75 Å². The number of carbonyl (C=O) groups is 2. The second kappa shape index (κ2) is 10.1. The van der Waals surface area contributed by atoms with Gasteiger partial charge in [0.1, 0.15) is 5.75 Å². The van der Waals surface area contributed by atoms with Crippen LogP contribution in [0.3, 0.4) is 0 Å². The van der Waals surface area contributed by atoms with Gasteiger partial charge in [-0.2, -0.15) is 0 Å². The van der Waals surface area contributed by atoms with Crippen molar-refractivity contribution >= 4 is 17.5 Å². The Hall–Kier alpha value is -2.86. The molecule has 0 spiro atoms. The van der Waals surface area contributed by atoms with E-state index in [-0.39, 0.29) is 11.8 Å². The number of amides is 2. The summed E-state index contributed by atoms with van der Waals surface area (Å²) in [6.45, 7) is 6.15. The van der Waals surface area contributed by atoms with Gasteiger partial charge >= 0.3 is 0 Å². The minimum Gasteiger partial charge on any atom is -0.481 e. The molecule has 0 radical (unpaired) electrons. The molecule has 1 N–H and O–H groups in total. The third kappa shape index (κ3) is 5.35. The molecule has 1 fully saturated rings. The minimum atomic E-state index is -0.644. The number of hydrogen-bond acceptors (Lipinski definition) is 4. The molecule has 0 unspecified atom stereocenters. The Bertz CT molecular complexity index is 829. The number of carbonyl (C=O) groups excluding carboxylic acids is 2. The molecule has 6 heteroatoms. The summed E-state index contributed by atoms with van der Waals surface area (Å²) in [6.07, 6.45) is 0.821. The molecule has 154 valence electrons. The number of rotatable bonds is 7. The van der Waals surface area contributed by atoms with Gasteiger partial charge in [-0.3, -0.25) is 9.59 Å². The van der Waals surface area contributed by atoms with Crippen LogP contribution < -0.4 is 10.1 Å². The second-order valence-corrected chi connectivity index (χ2v) is 6.95. The summed E-state index contributed by atoms with van der Waals surface area (Å²) in [5.74, 6) is 0.282. The average Bonchev–Trinajstić information content (AvgIpc) is 2.78. The Labute approximate surface area is 171 Å².